The number of carbonyl (C=O) groups is 1. The van der Waals surface area contributed by atoms with Gasteiger partial charge in [-0.1, -0.05) is 6.07 Å². The highest BCUT2D eigenvalue weighted by Crippen LogP contribution is 2.46. The Morgan fingerprint density at radius 1 is 1.18 bits per heavy atom. The van der Waals surface area contributed by atoms with E-state index in [1.807, 2.05) is 24.0 Å². The van der Waals surface area contributed by atoms with Crippen molar-refractivity contribution in [3.05, 3.63) is 40.9 Å². The summed E-state index contributed by atoms with van der Waals surface area (Å²) < 4.78 is 2.96. The van der Waals surface area contributed by atoms with Crippen LogP contribution in [0.3, 0.4) is 0 Å². The van der Waals surface area contributed by atoms with Crippen LogP contribution in [-0.2, 0) is 24.7 Å². The summed E-state index contributed by atoms with van der Waals surface area (Å²) in [4.78, 5) is 18.1. The summed E-state index contributed by atoms with van der Waals surface area (Å²) in [5.74, 6) is -0.0293. The third-order valence-corrected chi connectivity index (χ3v) is 7.32. The largest absolute Gasteiger partial charge is 0.317 e. The van der Waals surface area contributed by atoms with Gasteiger partial charge in [-0.3, -0.25) is 9.48 Å². The maximum Gasteiger partial charge on any atom is 0.221 e. The molecule has 28 heavy (non-hydrogen) atoms. The number of nitrogens with one attached hydrogen (secondary N) is 1. The molecule has 1 aromatic carbocycles. The van der Waals surface area contributed by atoms with Crippen molar-refractivity contribution in [3.63, 3.8) is 0 Å². The van der Waals surface area contributed by atoms with Gasteiger partial charge < -0.3 is 5.32 Å². The van der Waals surface area contributed by atoms with E-state index in [0.29, 0.717) is 0 Å². The predicted molar refractivity (Wildman–Crippen MR) is 116 cm³/mol. The first-order valence-corrected chi connectivity index (χ1v) is 11.0. The van der Waals surface area contributed by atoms with Crippen LogP contribution in [0.4, 0.5) is 5.00 Å². The van der Waals surface area contributed by atoms with Crippen molar-refractivity contribution in [3.8, 4) is 21.8 Å². The van der Waals surface area contributed by atoms with E-state index in [1.165, 1.54) is 23.3 Å². The van der Waals surface area contributed by atoms with Crippen molar-refractivity contribution in [1.82, 2.24) is 14.8 Å². The highest BCUT2D eigenvalue weighted by atomic mass is 32.1. The molecule has 0 saturated carbocycles. The van der Waals surface area contributed by atoms with Gasteiger partial charge in [-0.25, -0.2) is 4.98 Å². The Labute approximate surface area is 171 Å². The lowest BCUT2D eigenvalue weighted by Gasteiger charge is -2.11. The molecule has 1 N–H and O–H groups in total. The number of aryl methyl sites for hydroxylation is 2. The zero-order valence-electron chi connectivity index (χ0n) is 15.8. The number of thiophene rings is 1. The maximum absolute atomic E-state index is 11.8. The molecule has 3 heterocycles. The van der Waals surface area contributed by atoms with Gasteiger partial charge in [0, 0.05) is 36.2 Å². The van der Waals surface area contributed by atoms with Gasteiger partial charge >= 0.3 is 0 Å². The number of anilines is 1. The molecule has 0 spiro atoms. The predicted octanol–water partition coefficient (Wildman–Crippen LogP) is 5.26. The number of benzene rings is 1. The molecule has 0 fully saturated rings. The van der Waals surface area contributed by atoms with E-state index in [4.69, 9.17) is 4.98 Å². The van der Waals surface area contributed by atoms with Crippen LogP contribution >= 0.6 is 22.7 Å². The summed E-state index contributed by atoms with van der Waals surface area (Å²) in [6.07, 6.45) is 6.54. The van der Waals surface area contributed by atoms with Crippen molar-refractivity contribution < 1.29 is 4.79 Å². The summed E-state index contributed by atoms with van der Waals surface area (Å²) >= 11 is 3.41. The van der Waals surface area contributed by atoms with Crippen LogP contribution in [0.25, 0.3) is 32.0 Å². The molecule has 0 radical (unpaired) electrons. The van der Waals surface area contributed by atoms with Crippen molar-refractivity contribution in [2.24, 2.45) is 7.05 Å². The normalized spacial score (nSPS) is 13.6. The molecule has 0 bridgehead atoms. The second-order valence-corrected chi connectivity index (χ2v) is 9.31. The molecule has 3 aromatic heterocycles. The van der Waals surface area contributed by atoms with Gasteiger partial charge in [-0.2, -0.15) is 5.10 Å². The highest BCUT2D eigenvalue weighted by Gasteiger charge is 2.24. The molecular formula is C21H20N4OS2. The van der Waals surface area contributed by atoms with Crippen molar-refractivity contribution >= 4 is 43.8 Å². The molecule has 1 amide bonds. The minimum atomic E-state index is -0.0293. The first-order chi connectivity index (χ1) is 13.6. The Kier molecular flexibility index (Phi) is 4.29. The minimum absolute atomic E-state index is 0.0293. The second-order valence-electron chi connectivity index (χ2n) is 7.17. The Bertz CT molecular complexity index is 1200. The van der Waals surface area contributed by atoms with Gasteiger partial charge in [-0.05, 0) is 49.4 Å². The summed E-state index contributed by atoms with van der Waals surface area (Å²) in [5, 5.41) is 9.50. The second kappa shape index (κ2) is 6.83. The quantitative estimate of drug-likeness (QED) is 0.503. The summed E-state index contributed by atoms with van der Waals surface area (Å²) in [7, 11) is 1.93. The zero-order chi connectivity index (χ0) is 19.3. The molecule has 0 aliphatic heterocycles. The van der Waals surface area contributed by atoms with Crippen LogP contribution in [-0.4, -0.2) is 20.7 Å². The molecule has 5 nitrogen and oxygen atoms in total. The molecule has 0 saturated heterocycles. The van der Waals surface area contributed by atoms with Gasteiger partial charge in [0.15, 0.2) is 0 Å². The number of hydrogen-bond acceptors (Lipinski definition) is 5. The summed E-state index contributed by atoms with van der Waals surface area (Å²) in [5.41, 5.74) is 5.56. The van der Waals surface area contributed by atoms with Gasteiger partial charge in [0.1, 0.15) is 10.0 Å². The van der Waals surface area contributed by atoms with Gasteiger partial charge in [0.25, 0.3) is 0 Å². The highest BCUT2D eigenvalue weighted by molar-refractivity contribution is 7.23. The van der Waals surface area contributed by atoms with E-state index in [9.17, 15) is 4.79 Å². The van der Waals surface area contributed by atoms with Crippen LogP contribution < -0.4 is 5.32 Å². The lowest BCUT2D eigenvalue weighted by atomic mass is 9.96. The SMILES string of the molecule is CC(=O)Nc1sc2c(c1-c1nc3ccc(-c4ccn(C)n4)cc3s1)CCCC2. The molecule has 7 heteroatoms. The zero-order valence-corrected chi connectivity index (χ0v) is 17.4. The lowest BCUT2D eigenvalue weighted by molar-refractivity contribution is -0.114. The third kappa shape index (κ3) is 3.04. The Morgan fingerprint density at radius 2 is 2.04 bits per heavy atom. The summed E-state index contributed by atoms with van der Waals surface area (Å²) in [6.45, 7) is 1.57. The molecule has 1 aliphatic carbocycles. The van der Waals surface area contributed by atoms with Crippen LogP contribution in [0, 0.1) is 0 Å². The Hall–Kier alpha value is -2.51. The Balaban J connectivity index is 1.63. The first kappa shape index (κ1) is 17.6. The van der Waals surface area contributed by atoms with Crippen LogP contribution in [0.15, 0.2) is 30.5 Å². The van der Waals surface area contributed by atoms with E-state index < -0.39 is 0 Å². The number of aromatic nitrogens is 3. The number of nitrogens with zero attached hydrogens (tertiary/aromatic N) is 3. The molecule has 142 valence electrons. The fourth-order valence-electron chi connectivity index (χ4n) is 3.80. The van der Waals surface area contributed by atoms with E-state index >= 15 is 0 Å². The van der Waals surface area contributed by atoms with E-state index in [0.717, 1.165) is 49.9 Å². The first-order valence-electron chi connectivity index (χ1n) is 9.41. The number of thiazole rings is 1. The molecule has 1 aliphatic rings. The Morgan fingerprint density at radius 3 is 2.82 bits per heavy atom. The average Bonchev–Trinajstić information content (AvgIpc) is 3.35. The number of rotatable bonds is 3. The third-order valence-electron chi connectivity index (χ3n) is 5.07. The standard InChI is InChI=1S/C21H20N4OS2/c1-12(26)22-20-19(14-5-3-4-6-17(14)27-20)21-23-16-8-7-13(11-18(16)28-21)15-9-10-25(2)24-15/h7-11H,3-6H2,1-2H3,(H,22,26). The number of amides is 1. The van der Waals surface area contributed by atoms with Gasteiger partial charge in [0.2, 0.25) is 5.91 Å². The molecule has 0 atom stereocenters. The topological polar surface area (TPSA) is 59.8 Å². The van der Waals surface area contributed by atoms with Crippen molar-refractivity contribution in [2.45, 2.75) is 32.6 Å². The maximum atomic E-state index is 11.8. The molecule has 5 rings (SSSR count). The van der Waals surface area contributed by atoms with Crippen LogP contribution in [0.5, 0.6) is 0 Å². The average molecular weight is 409 g/mol. The van der Waals surface area contributed by atoms with Gasteiger partial charge in [0.05, 0.1) is 15.9 Å². The molecular weight excluding hydrogens is 388 g/mol. The monoisotopic (exact) mass is 408 g/mol. The molecule has 4 aromatic rings. The number of hydrogen-bond donors (Lipinski definition) is 1. The smallest absolute Gasteiger partial charge is 0.221 e. The van der Waals surface area contributed by atoms with Crippen LogP contribution in [0.2, 0.25) is 0 Å². The fraction of sp³-hybridized carbons (Fsp3) is 0.286. The molecule has 0 unspecified atom stereocenters. The fourth-order valence-corrected chi connectivity index (χ4v) is 6.29. The van der Waals surface area contributed by atoms with Crippen molar-refractivity contribution in [1.29, 1.82) is 0 Å². The lowest BCUT2D eigenvalue weighted by Crippen LogP contribution is -2.05. The van der Waals surface area contributed by atoms with Crippen LogP contribution in [0.1, 0.15) is 30.2 Å². The van der Waals surface area contributed by atoms with Gasteiger partial charge in [-0.15, -0.1) is 22.7 Å². The van der Waals surface area contributed by atoms with Crippen molar-refractivity contribution in [2.75, 3.05) is 5.32 Å². The minimum Gasteiger partial charge on any atom is -0.317 e. The van der Waals surface area contributed by atoms with E-state index in [-0.39, 0.29) is 5.91 Å². The van der Waals surface area contributed by atoms with E-state index in [2.05, 4.69) is 28.6 Å². The number of fused-ring (bicyclic) bond motifs is 2. The summed E-state index contributed by atoms with van der Waals surface area (Å²) in [6, 6.07) is 8.32. The number of carbonyl (C=O) groups excluding carboxylic acids is 1. The van der Waals surface area contributed by atoms with E-state index in [1.54, 1.807) is 29.6 Å².